The molecule has 8 aliphatic rings. The first-order valence-corrected chi connectivity index (χ1v) is 30.9. The molecule has 2 aromatic carbocycles. The van der Waals surface area contributed by atoms with Crippen molar-refractivity contribution in [3.63, 3.8) is 0 Å². The van der Waals surface area contributed by atoms with Crippen molar-refractivity contribution in [2.45, 2.75) is 164 Å². The minimum atomic E-state index is -3.87. The molecule has 8 fully saturated rings. The number of carbonyl (C=O) groups excluding carboxylic acids is 2. The van der Waals surface area contributed by atoms with Crippen LogP contribution in [0, 0.1) is 101 Å². The number of hydrogen-bond donors (Lipinski definition) is 2. The van der Waals surface area contributed by atoms with Gasteiger partial charge in [-0.3, -0.25) is 34.0 Å². The number of ketones is 2. The number of methoxy groups -OCH3 is 2. The zero-order valence-electron chi connectivity index (χ0n) is 45.0. The lowest BCUT2D eigenvalue weighted by atomic mass is 9.44. The molecule has 0 radical (unpaired) electrons. The molecule has 0 aromatic heterocycles. The standard InChI is InChI=1S/C29H41NO7S.C29H41NO6S/c1-27-14-15-29(32,18-37-3)16-19(27)4-9-22-23-10-11-25(28(23,2)13-12-24(22)27)26(31)17-38(35,36)21-7-5-20(6-8-21)30(33)34;1-27-14-15-29(32,18-36-3)16-19(27)4-9-22-23-10-11-25(28(23,2)13-12-24(22)27)26(31)17-37(35)21-7-5-20(6-8-21)30(33)34/h5-8,19,22-25,32H,4,9-18H2,1-3H3;5-8,19,22-25,32H,4,9-18H2,1-3H3/t19?,22-,23-,24-,25+,27-,28-,29?;19?,22-,23-,24-,25+,27-,28-,29?,37?/m00/s1. The second kappa shape index (κ2) is 21.0. The summed E-state index contributed by atoms with van der Waals surface area (Å²) < 4.78 is 49.8. The molecule has 0 amide bonds. The monoisotopic (exact) mass is 1080 g/mol. The molecule has 2 N–H and O–H groups in total. The number of hydrogen-bond acceptors (Lipinski definition) is 13. The van der Waals surface area contributed by atoms with Crippen LogP contribution >= 0.6 is 0 Å². The van der Waals surface area contributed by atoms with Crippen LogP contribution < -0.4 is 0 Å². The fraction of sp³-hybridized carbons (Fsp3) is 0.759. The van der Waals surface area contributed by atoms with Crippen molar-refractivity contribution >= 4 is 43.6 Å². The third kappa shape index (κ3) is 10.3. The minimum Gasteiger partial charge on any atom is -0.387 e. The van der Waals surface area contributed by atoms with E-state index in [1.165, 1.54) is 55.0 Å². The highest BCUT2D eigenvalue weighted by molar-refractivity contribution is 7.92. The molecule has 0 heterocycles. The number of Topliss-reactive ketones (excluding diaryl/α,β-unsaturated/α-hetero) is 2. The Labute approximate surface area is 446 Å². The second-order valence-electron chi connectivity index (χ2n) is 26.1. The van der Waals surface area contributed by atoms with Crippen LogP contribution in [0.2, 0.25) is 0 Å². The number of non-ortho nitro benzene ring substituents is 2. The molecule has 75 heavy (non-hydrogen) atoms. The van der Waals surface area contributed by atoms with Gasteiger partial charge in [-0.1, -0.05) is 27.7 Å². The lowest BCUT2D eigenvalue weighted by Crippen LogP contribution is -2.57. The molecule has 10 rings (SSSR count). The van der Waals surface area contributed by atoms with E-state index in [0.29, 0.717) is 65.5 Å². The first kappa shape index (κ1) is 56.2. The fourth-order valence-electron chi connectivity index (χ4n) is 18.7. The summed E-state index contributed by atoms with van der Waals surface area (Å²) in [6.07, 6.45) is 17.5. The van der Waals surface area contributed by atoms with E-state index in [9.17, 15) is 52.7 Å². The van der Waals surface area contributed by atoms with Crippen LogP contribution in [0.25, 0.3) is 0 Å². The minimum absolute atomic E-state index is 0.0171. The molecule has 0 bridgehead atoms. The molecule has 2 aromatic rings. The van der Waals surface area contributed by atoms with Gasteiger partial charge in [0.25, 0.3) is 11.4 Å². The van der Waals surface area contributed by atoms with Gasteiger partial charge < -0.3 is 19.7 Å². The number of aliphatic hydroxyl groups is 2. The smallest absolute Gasteiger partial charge is 0.269 e. The van der Waals surface area contributed by atoms with Crippen LogP contribution in [0.15, 0.2) is 58.3 Å². The van der Waals surface area contributed by atoms with E-state index < -0.39 is 47.4 Å². The van der Waals surface area contributed by atoms with E-state index in [4.69, 9.17) is 9.47 Å². The topological polar surface area (TPSA) is 231 Å². The van der Waals surface area contributed by atoms with Gasteiger partial charge in [-0.15, -0.1) is 0 Å². The average Bonchev–Trinajstić information content (AvgIpc) is 3.95. The molecular formula is C58H82N2O13S2. The van der Waals surface area contributed by atoms with Gasteiger partial charge in [-0.25, -0.2) is 8.42 Å². The number of carbonyl (C=O) groups is 2. The van der Waals surface area contributed by atoms with Crippen molar-refractivity contribution in [1.82, 2.24) is 0 Å². The van der Waals surface area contributed by atoms with Crippen LogP contribution in [0.3, 0.4) is 0 Å². The summed E-state index contributed by atoms with van der Waals surface area (Å²) in [5.74, 6) is 3.26. The molecular weight excluding hydrogens is 997 g/mol. The number of fused-ring (bicyclic) bond motifs is 10. The summed E-state index contributed by atoms with van der Waals surface area (Å²) in [5, 5.41) is 44.0. The lowest BCUT2D eigenvalue weighted by Gasteiger charge is -2.62. The summed E-state index contributed by atoms with van der Waals surface area (Å²) >= 11 is 0. The van der Waals surface area contributed by atoms with E-state index in [1.807, 2.05) is 0 Å². The predicted molar refractivity (Wildman–Crippen MR) is 284 cm³/mol. The Morgan fingerprint density at radius 3 is 1.43 bits per heavy atom. The number of sulfone groups is 1. The van der Waals surface area contributed by atoms with Gasteiger partial charge in [-0.2, -0.15) is 0 Å². The van der Waals surface area contributed by atoms with E-state index in [1.54, 1.807) is 14.2 Å². The molecule has 414 valence electrons. The van der Waals surface area contributed by atoms with Gasteiger partial charge in [-0.05, 0) is 209 Å². The number of rotatable bonds is 14. The molecule has 15 nitrogen and oxygen atoms in total. The Balaban J connectivity index is 0.000000184. The number of nitrogens with zero attached hydrogens (tertiary/aromatic N) is 2. The maximum atomic E-state index is 13.5. The normalized spacial score (nSPS) is 41.2. The number of ether oxygens (including phenoxy) is 2. The highest BCUT2D eigenvalue weighted by Gasteiger charge is 2.64. The van der Waals surface area contributed by atoms with Crippen LogP contribution in [0.5, 0.6) is 0 Å². The third-order valence-corrected chi connectivity index (χ3v) is 25.6. The summed E-state index contributed by atoms with van der Waals surface area (Å²) in [7, 11) is -2.05. The molecule has 8 aliphatic carbocycles. The Bertz CT molecular complexity index is 2630. The zero-order chi connectivity index (χ0) is 54.1. The largest absolute Gasteiger partial charge is 0.387 e. The number of nitro groups is 2. The van der Waals surface area contributed by atoms with Gasteiger partial charge >= 0.3 is 0 Å². The van der Waals surface area contributed by atoms with Crippen molar-refractivity contribution in [2.75, 3.05) is 38.9 Å². The van der Waals surface area contributed by atoms with E-state index in [2.05, 4.69) is 27.7 Å². The second-order valence-corrected chi connectivity index (χ2v) is 29.5. The summed E-state index contributed by atoms with van der Waals surface area (Å²) in [4.78, 5) is 48.3. The highest BCUT2D eigenvalue weighted by atomic mass is 32.2. The Morgan fingerprint density at radius 2 is 1.00 bits per heavy atom. The predicted octanol–water partition coefficient (Wildman–Crippen LogP) is 10.3. The maximum absolute atomic E-state index is 13.5. The number of nitro benzene ring substituents is 2. The highest BCUT2D eigenvalue weighted by Crippen LogP contribution is 2.70. The number of benzene rings is 2. The quantitative estimate of drug-likeness (QED) is 0.133. The zero-order valence-corrected chi connectivity index (χ0v) is 46.7. The van der Waals surface area contributed by atoms with Gasteiger partial charge in [0.2, 0.25) is 0 Å². The van der Waals surface area contributed by atoms with Gasteiger partial charge in [0.15, 0.2) is 15.6 Å². The van der Waals surface area contributed by atoms with Crippen molar-refractivity contribution in [3.05, 3.63) is 68.8 Å². The van der Waals surface area contributed by atoms with Crippen LogP contribution in [0.4, 0.5) is 11.4 Å². The van der Waals surface area contributed by atoms with Crippen LogP contribution in [-0.4, -0.2) is 94.4 Å². The van der Waals surface area contributed by atoms with Crippen molar-refractivity contribution in [2.24, 2.45) is 80.8 Å². The van der Waals surface area contributed by atoms with Gasteiger partial charge in [0, 0.05) is 55.2 Å². The van der Waals surface area contributed by atoms with Crippen LogP contribution in [-0.2, 0) is 39.7 Å². The third-order valence-electron chi connectivity index (χ3n) is 22.6. The lowest BCUT2D eigenvalue weighted by molar-refractivity contribution is -0.385. The van der Waals surface area contributed by atoms with Crippen molar-refractivity contribution in [1.29, 1.82) is 0 Å². The maximum Gasteiger partial charge on any atom is 0.269 e. The molecule has 0 spiro atoms. The summed E-state index contributed by atoms with van der Waals surface area (Å²) in [6.45, 7) is 10.2. The van der Waals surface area contributed by atoms with Crippen LogP contribution in [0.1, 0.15) is 143 Å². The molecule has 5 unspecified atom stereocenters. The molecule has 0 saturated heterocycles. The van der Waals surface area contributed by atoms with Gasteiger partial charge in [0.1, 0.15) is 11.5 Å². The summed E-state index contributed by atoms with van der Waals surface area (Å²) in [6, 6.07) is 10.5. The van der Waals surface area contributed by atoms with E-state index >= 15 is 0 Å². The molecule has 8 saturated carbocycles. The van der Waals surface area contributed by atoms with Crippen molar-refractivity contribution < 1.29 is 51.7 Å². The SMILES string of the molecule is COCC1(O)CC[C@@]2(C)C(CC[C@H]3[C@@H]4CC[C@H](C(=O)CS(=O)(=O)c5ccc([N+](=O)[O-])cc5)[C@@]4(C)CC[C@@H]32)C1.COCC1(O)CC[C@@]2(C)C(CC[C@H]3[C@@H]4CC[C@H](C(=O)CS(=O)c5ccc([N+](=O)[O-])cc5)[C@@]4(C)CC[C@@H]32)C1. The fourth-order valence-corrected chi connectivity index (χ4v) is 21.0. The Morgan fingerprint density at radius 1 is 0.587 bits per heavy atom. The first-order valence-electron chi connectivity index (χ1n) is 27.9. The van der Waals surface area contributed by atoms with Gasteiger partial charge in [0.05, 0.1) is 55.7 Å². The molecule has 0 aliphatic heterocycles. The molecule has 17 heteroatoms. The summed E-state index contributed by atoms with van der Waals surface area (Å²) in [5.41, 5.74) is -1.46. The Kier molecular flexibility index (Phi) is 15.7. The average molecular weight is 1080 g/mol. The Hall–Kier alpha value is -3.48. The first-order chi connectivity index (χ1) is 35.3. The molecule has 17 atom stereocenters. The van der Waals surface area contributed by atoms with E-state index in [0.717, 1.165) is 109 Å². The van der Waals surface area contributed by atoms with E-state index in [-0.39, 0.29) is 67.1 Å². The van der Waals surface area contributed by atoms with Crippen molar-refractivity contribution in [3.8, 4) is 0 Å².